The summed E-state index contributed by atoms with van der Waals surface area (Å²) in [5, 5.41) is 10.7. The lowest BCUT2D eigenvalue weighted by Gasteiger charge is -2.08. The number of nitrogens with two attached hydrogens (primary N) is 2. The van der Waals surface area contributed by atoms with Gasteiger partial charge in [0.1, 0.15) is 0 Å². The van der Waals surface area contributed by atoms with E-state index in [1.807, 2.05) is 0 Å². The largest absolute Gasteiger partial charge is 0.398 e. The van der Waals surface area contributed by atoms with Crippen LogP contribution in [0.15, 0.2) is 12.1 Å². The monoisotopic (exact) mass is 193 g/mol. The number of rotatable bonds is 1. The summed E-state index contributed by atoms with van der Waals surface area (Å²) in [4.78, 5) is 10.3. The Bertz CT molecular complexity index is 403. The lowest BCUT2D eigenvalue weighted by Crippen LogP contribution is -2.08. The normalized spacial score (nSPS) is 19.4. The molecule has 0 saturated heterocycles. The van der Waals surface area contributed by atoms with Crippen LogP contribution in [0.5, 0.6) is 0 Å². The maximum atomic E-state index is 10.7. The second-order valence-electron chi connectivity index (χ2n) is 3.47. The highest BCUT2D eigenvalue weighted by atomic mass is 16.6. The van der Waals surface area contributed by atoms with E-state index in [0.717, 1.165) is 12.0 Å². The van der Waals surface area contributed by atoms with Gasteiger partial charge in [0.05, 0.1) is 4.92 Å². The summed E-state index contributed by atoms with van der Waals surface area (Å²) in [6, 6.07) is 2.86. The minimum Gasteiger partial charge on any atom is -0.398 e. The van der Waals surface area contributed by atoms with Gasteiger partial charge in [-0.3, -0.25) is 10.1 Å². The third-order valence-electron chi connectivity index (χ3n) is 2.64. The maximum Gasteiger partial charge on any atom is 0.273 e. The second kappa shape index (κ2) is 2.95. The van der Waals surface area contributed by atoms with E-state index in [-0.39, 0.29) is 16.7 Å². The maximum absolute atomic E-state index is 10.7. The van der Waals surface area contributed by atoms with Crippen molar-refractivity contribution in [2.45, 2.75) is 18.9 Å². The van der Waals surface area contributed by atoms with Crippen molar-refractivity contribution in [1.82, 2.24) is 0 Å². The van der Waals surface area contributed by atoms with Crippen LogP contribution in [0.1, 0.15) is 23.6 Å². The van der Waals surface area contributed by atoms with Crippen LogP contribution in [-0.4, -0.2) is 4.92 Å². The summed E-state index contributed by atoms with van der Waals surface area (Å²) in [5.74, 6) is 0. The minimum atomic E-state index is -0.379. The third kappa shape index (κ3) is 1.13. The van der Waals surface area contributed by atoms with E-state index in [9.17, 15) is 10.1 Å². The SMILES string of the molecule is Nc1ccc([N+](=O)[O-])c2c1C(N)CC2. The van der Waals surface area contributed by atoms with Gasteiger partial charge in [-0.05, 0) is 18.9 Å². The quantitative estimate of drug-likeness (QED) is 0.397. The Hall–Kier alpha value is -1.62. The Morgan fingerprint density at radius 1 is 1.50 bits per heavy atom. The first-order valence-electron chi connectivity index (χ1n) is 4.42. The van der Waals surface area contributed by atoms with Gasteiger partial charge in [0, 0.05) is 28.9 Å². The highest BCUT2D eigenvalue weighted by Crippen LogP contribution is 2.38. The van der Waals surface area contributed by atoms with E-state index in [1.54, 1.807) is 6.07 Å². The molecule has 0 aliphatic heterocycles. The van der Waals surface area contributed by atoms with Gasteiger partial charge < -0.3 is 11.5 Å². The molecule has 1 aliphatic carbocycles. The molecule has 0 heterocycles. The first-order valence-corrected chi connectivity index (χ1v) is 4.42. The molecule has 5 nitrogen and oxygen atoms in total. The predicted molar refractivity (Wildman–Crippen MR) is 52.8 cm³/mol. The van der Waals surface area contributed by atoms with Crippen molar-refractivity contribution in [3.05, 3.63) is 33.4 Å². The molecule has 4 N–H and O–H groups in total. The molecular weight excluding hydrogens is 182 g/mol. The topological polar surface area (TPSA) is 95.2 Å². The van der Waals surface area contributed by atoms with Crippen LogP contribution in [0.2, 0.25) is 0 Å². The fourth-order valence-electron chi connectivity index (χ4n) is 1.99. The molecule has 0 amide bonds. The Morgan fingerprint density at radius 3 is 2.86 bits per heavy atom. The number of nitrogens with zero attached hydrogens (tertiary/aromatic N) is 1. The van der Waals surface area contributed by atoms with Crippen LogP contribution in [0.4, 0.5) is 11.4 Å². The standard InChI is InChI=1S/C9H11N3O2/c10-6-2-1-5-8(12(13)14)4-3-7(11)9(5)6/h3-4,6H,1-2,10-11H2. The van der Waals surface area contributed by atoms with E-state index >= 15 is 0 Å². The van der Waals surface area contributed by atoms with Gasteiger partial charge in [-0.1, -0.05) is 0 Å². The van der Waals surface area contributed by atoms with Crippen molar-refractivity contribution in [3.63, 3.8) is 0 Å². The van der Waals surface area contributed by atoms with Gasteiger partial charge in [-0.25, -0.2) is 0 Å². The number of fused-ring (bicyclic) bond motifs is 1. The zero-order valence-corrected chi connectivity index (χ0v) is 7.56. The average Bonchev–Trinajstić information content (AvgIpc) is 2.49. The van der Waals surface area contributed by atoms with Crippen molar-refractivity contribution < 1.29 is 4.92 Å². The van der Waals surface area contributed by atoms with Gasteiger partial charge in [-0.2, -0.15) is 0 Å². The van der Waals surface area contributed by atoms with Crippen molar-refractivity contribution in [2.24, 2.45) is 5.73 Å². The lowest BCUT2D eigenvalue weighted by atomic mass is 10.0. The van der Waals surface area contributed by atoms with Crippen LogP contribution in [0.25, 0.3) is 0 Å². The van der Waals surface area contributed by atoms with E-state index in [0.29, 0.717) is 17.7 Å². The smallest absolute Gasteiger partial charge is 0.273 e. The first-order chi connectivity index (χ1) is 6.61. The van der Waals surface area contributed by atoms with Gasteiger partial charge in [0.25, 0.3) is 5.69 Å². The van der Waals surface area contributed by atoms with Gasteiger partial charge in [-0.15, -0.1) is 0 Å². The molecule has 1 aromatic rings. The fourth-order valence-corrected chi connectivity index (χ4v) is 1.99. The molecule has 14 heavy (non-hydrogen) atoms. The van der Waals surface area contributed by atoms with Crippen LogP contribution >= 0.6 is 0 Å². The van der Waals surface area contributed by atoms with Crippen LogP contribution in [0, 0.1) is 10.1 Å². The molecule has 0 aromatic heterocycles. The number of nitro groups is 1. The zero-order valence-electron chi connectivity index (χ0n) is 7.56. The third-order valence-corrected chi connectivity index (χ3v) is 2.64. The van der Waals surface area contributed by atoms with Crippen molar-refractivity contribution in [3.8, 4) is 0 Å². The van der Waals surface area contributed by atoms with E-state index in [1.165, 1.54) is 6.07 Å². The first kappa shape index (κ1) is 8.96. The van der Waals surface area contributed by atoms with Crippen LogP contribution in [0.3, 0.4) is 0 Å². The summed E-state index contributed by atoms with van der Waals surface area (Å²) in [7, 11) is 0. The zero-order chi connectivity index (χ0) is 10.3. The predicted octanol–water partition coefficient (Wildman–Crippen LogP) is 1.12. The number of nitro benzene ring substituents is 1. The van der Waals surface area contributed by atoms with Gasteiger partial charge in [0.15, 0.2) is 0 Å². The van der Waals surface area contributed by atoms with E-state index in [4.69, 9.17) is 11.5 Å². The number of hydrogen-bond donors (Lipinski definition) is 2. The summed E-state index contributed by atoms with van der Waals surface area (Å²) in [6.07, 6.45) is 1.39. The molecule has 0 radical (unpaired) electrons. The Kier molecular flexibility index (Phi) is 1.89. The number of benzene rings is 1. The molecule has 1 aliphatic rings. The van der Waals surface area contributed by atoms with Gasteiger partial charge in [0.2, 0.25) is 0 Å². The Morgan fingerprint density at radius 2 is 2.21 bits per heavy atom. The molecule has 5 heteroatoms. The van der Waals surface area contributed by atoms with E-state index in [2.05, 4.69) is 0 Å². The van der Waals surface area contributed by atoms with Crippen molar-refractivity contribution in [1.29, 1.82) is 0 Å². The molecule has 0 spiro atoms. The summed E-state index contributed by atoms with van der Waals surface area (Å²) >= 11 is 0. The molecule has 0 bridgehead atoms. The second-order valence-corrected chi connectivity index (χ2v) is 3.47. The molecular formula is C9H11N3O2. The minimum absolute atomic E-state index is 0.141. The molecule has 2 rings (SSSR count). The van der Waals surface area contributed by atoms with Gasteiger partial charge >= 0.3 is 0 Å². The summed E-state index contributed by atoms with van der Waals surface area (Å²) < 4.78 is 0. The van der Waals surface area contributed by atoms with E-state index < -0.39 is 0 Å². The summed E-state index contributed by atoms with van der Waals surface area (Å²) in [5.41, 5.74) is 13.7. The number of nitrogen functional groups attached to an aromatic ring is 1. The number of anilines is 1. The Balaban J connectivity index is 2.64. The molecule has 0 saturated carbocycles. The molecule has 0 fully saturated rings. The van der Waals surface area contributed by atoms with Crippen LogP contribution < -0.4 is 11.5 Å². The highest BCUT2D eigenvalue weighted by molar-refractivity contribution is 5.62. The summed E-state index contributed by atoms with van der Waals surface area (Å²) in [6.45, 7) is 0. The highest BCUT2D eigenvalue weighted by Gasteiger charge is 2.28. The Labute approximate surface area is 80.9 Å². The van der Waals surface area contributed by atoms with Crippen LogP contribution in [-0.2, 0) is 6.42 Å². The molecule has 1 atom stereocenters. The average molecular weight is 193 g/mol. The molecule has 74 valence electrons. The molecule has 1 aromatic carbocycles. The van der Waals surface area contributed by atoms with Crippen molar-refractivity contribution >= 4 is 11.4 Å². The molecule has 1 unspecified atom stereocenters. The fraction of sp³-hybridized carbons (Fsp3) is 0.333. The lowest BCUT2D eigenvalue weighted by molar-refractivity contribution is -0.385. The number of hydrogen-bond acceptors (Lipinski definition) is 4. The van der Waals surface area contributed by atoms with Crippen molar-refractivity contribution in [2.75, 3.05) is 5.73 Å².